The van der Waals surface area contributed by atoms with Gasteiger partial charge in [-0.3, -0.25) is 4.79 Å². The number of carbonyl (C=O) groups is 3. The molecule has 180 valence electrons. The maximum Gasteiger partial charge on any atom is 0.407 e. The van der Waals surface area contributed by atoms with Gasteiger partial charge < -0.3 is 20.5 Å². The molecule has 2 aromatic carbocycles. The van der Waals surface area contributed by atoms with Gasteiger partial charge in [-0.05, 0) is 47.7 Å². The number of carboxylic acid groups (broad SMARTS) is 1. The zero-order valence-electron chi connectivity index (χ0n) is 19.6. The average molecular weight is 474 g/mol. The number of ether oxygens (including phenoxy) is 1. The van der Waals surface area contributed by atoms with Crippen LogP contribution >= 0.6 is 0 Å². The summed E-state index contributed by atoms with van der Waals surface area (Å²) in [6.45, 7) is 3.89. The summed E-state index contributed by atoms with van der Waals surface area (Å²) >= 11 is 0. The predicted molar refractivity (Wildman–Crippen MR) is 130 cm³/mol. The van der Waals surface area contributed by atoms with Gasteiger partial charge >= 0.3 is 12.1 Å². The Labute approximate surface area is 203 Å². The van der Waals surface area contributed by atoms with Crippen LogP contribution in [0.2, 0.25) is 0 Å². The summed E-state index contributed by atoms with van der Waals surface area (Å²) in [4.78, 5) is 39.7. The van der Waals surface area contributed by atoms with Gasteiger partial charge in [-0.15, -0.1) is 0 Å². The number of hydrogen-bond acceptors (Lipinski definition) is 5. The van der Waals surface area contributed by atoms with Crippen LogP contribution in [-0.4, -0.2) is 40.2 Å². The van der Waals surface area contributed by atoms with Gasteiger partial charge in [0.1, 0.15) is 12.3 Å². The number of benzene rings is 2. The molecule has 8 nitrogen and oxygen atoms in total. The molecule has 2 amide bonds. The Hall–Kier alpha value is -4.20. The van der Waals surface area contributed by atoms with Gasteiger partial charge in [0.15, 0.2) is 0 Å². The smallest absolute Gasteiger partial charge is 0.407 e. The minimum atomic E-state index is -1.11. The SMILES string of the molecule is CC(C)(CC(=O)NCc1ccc(C(=O)O)nc1)NC(=O)OCC1c2ccccc2-c2ccccc21. The van der Waals surface area contributed by atoms with E-state index in [9.17, 15) is 14.4 Å². The lowest BCUT2D eigenvalue weighted by molar-refractivity contribution is -0.122. The summed E-state index contributed by atoms with van der Waals surface area (Å²) in [5.74, 6) is -1.42. The summed E-state index contributed by atoms with van der Waals surface area (Å²) in [6, 6.07) is 19.2. The molecule has 1 aliphatic carbocycles. The monoisotopic (exact) mass is 473 g/mol. The van der Waals surface area contributed by atoms with E-state index in [4.69, 9.17) is 9.84 Å². The Morgan fingerprint density at radius 2 is 1.60 bits per heavy atom. The number of alkyl carbamates (subject to hydrolysis) is 1. The molecule has 0 spiro atoms. The van der Waals surface area contributed by atoms with Crippen LogP contribution in [0.1, 0.15) is 53.4 Å². The molecule has 0 unspecified atom stereocenters. The zero-order valence-corrected chi connectivity index (χ0v) is 19.6. The van der Waals surface area contributed by atoms with Crippen LogP contribution < -0.4 is 10.6 Å². The summed E-state index contributed by atoms with van der Waals surface area (Å²) < 4.78 is 5.58. The Bertz CT molecular complexity index is 1210. The Morgan fingerprint density at radius 3 is 2.17 bits per heavy atom. The average Bonchev–Trinajstić information content (AvgIpc) is 3.15. The van der Waals surface area contributed by atoms with Crippen molar-refractivity contribution in [3.63, 3.8) is 0 Å². The number of amides is 2. The van der Waals surface area contributed by atoms with E-state index in [1.807, 2.05) is 24.3 Å². The van der Waals surface area contributed by atoms with E-state index in [1.54, 1.807) is 19.9 Å². The number of hydrogen-bond donors (Lipinski definition) is 3. The van der Waals surface area contributed by atoms with E-state index in [1.165, 1.54) is 12.3 Å². The number of pyridine rings is 1. The Morgan fingerprint density at radius 1 is 0.971 bits per heavy atom. The van der Waals surface area contributed by atoms with Crippen molar-refractivity contribution in [3.8, 4) is 11.1 Å². The highest BCUT2D eigenvalue weighted by Gasteiger charge is 2.30. The molecule has 0 radical (unpaired) electrons. The molecule has 0 atom stereocenters. The van der Waals surface area contributed by atoms with Crippen molar-refractivity contribution in [2.75, 3.05) is 6.61 Å². The first-order valence-electron chi connectivity index (χ1n) is 11.3. The van der Waals surface area contributed by atoms with E-state index in [0.717, 1.165) is 22.3 Å². The molecular formula is C27H27N3O5. The fraction of sp³-hybridized carbons (Fsp3) is 0.259. The van der Waals surface area contributed by atoms with Crippen LogP contribution in [0.5, 0.6) is 0 Å². The van der Waals surface area contributed by atoms with Crippen LogP contribution in [0.3, 0.4) is 0 Å². The van der Waals surface area contributed by atoms with Gasteiger partial charge in [-0.1, -0.05) is 54.6 Å². The van der Waals surface area contributed by atoms with Crippen molar-refractivity contribution in [3.05, 3.63) is 89.2 Å². The normalized spacial score (nSPS) is 12.4. The lowest BCUT2D eigenvalue weighted by Crippen LogP contribution is -2.47. The maximum absolute atomic E-state index is 12.6. The molecule has 3 N–H and O–H groups in total. The molecular weight excluding hydrogens is 446 g/mol. The van der Waals surface area contributed by atoms with Gasteiger partial charge in [-0.25, -0.2) is 14.6 Å². The Kier molecular flexibility index (Phi) is 6.82. The molecule has 8 heteroatoms. The molecule has 0 fully saturated rings. The van der Waals surface area contributed by atoms with Crippen LogP contribution in [0, 0.1) is 0 Å². The summed E-state index contributed by atoms with van der Waals surface area (Å²) in [7, 11) is 0. The number of carboxylic acids is 1. The second-order valence-corrected chi connectivity index (χ2v) is 9.14. The number of nitrogens with zero attached hydrogens (tertiary/aromatic N) is 1. The minimum absolute atomic E-state index is 0.0395. The first-order valence-corrected chi connectivity index (χ1v) is 11.3. The highest BCUT2D eigenvalue weighted by atomic mass is 16.5. The minimum Gasteiger partial charge on any atom is -0.477 e. The lowest BCUT2D eigenvalue weighted by atomic mass is 9.98. The Balaban J connectivity index is 1.28. The van der Waals surface area contributed by atoms with Crippen molar-refractivity contribution in [2.45, 2.75) is 38.3 Å². The van der Waals surface area contributed by atoms with E-state index in [-0.39, 0.29) is 37.1 Å². The number of carbonyl (C=O) groups excluding carboxylic acids is 2. The van der Waals surface area contributed by atoms with Crippen LogP contribution in [0.25, 0.3) is 11.1 Å². The van der Waals surface area contributed by atoms with Crippen LogP contribution in [0.15, 0.2) is 66.9 Å². The molecule has 35 heavy (non-hydrogen) atoms. The van der Waals surface area contributed by atoms with Gasteiger partial charge in [-0.2, -0.15) is 0 Å². The molecule has 3 aromatic rings. The fourth-order valence-corrected chi connectivity index (χ4v) is 4.28. The van der Waals surface area contributed by atoms with Crippen molar-refractivity contribution in [1.82, 2.24) is 15.6 Å². The van der Waals surface area contributed by atoms with Crippen molar-refractivity contribution >= 4 is 18.0 Å². The van der Waals surface area contributed by atoms with E-state index in [0.29, 0.717) is 5.56 Å². The standard InChI is InChI=1S/C27H27N3O5/c1-27(2,13-24(31)29-15-17-11-12-23(25(32)33)28-14-17)30-26(34)35-16-22-20-9-5-3-7-18(20)19-8-4-6-10-21(19)22/h3-12,14,22H,13,15-16H2,1-2H3,(H,29,31)(H,30,34)(H,32,33). The molecule has 1 heterocycles. The summed E-state index contributed by atoms with van der Waals surface area (Å²) in [5.41, 5.74) is 4.35. The largest absolute Gasteiger partial charge is 0.477 e. The molecule has 0 saturated carbocycles. The van der Waals surface area contributed by atoms with E-state index >= 15 is 0 Å². The molecule has 1 aromatic heterocycles. The third kappa shape index (κ3) is 5.66. The number of nitrogens with one attached hydrogen (secondary N) is 2. The summed E-state index contributed by atoms with van der Waals surface area (Å²) in [5, 5.41) is 14.4. The first-order chi connectivity index (χ1) is 16.7. The molecule has 4 rings (SSSR count). The maximum atomic E-state index is 12.6. The summed E-state index contributed by atoms with van der Waals surface area (Å²) in [6.07, 6.45) is 0.861. The number of rotatable bonds is 8. The number of aromatic carboxylic acids is 1. The van der Waals surface area contributed by atoms with E-state index < -0.39 is 17.6 Å². The second kappa shape index (κ2) is 9.97. The van der Waals surface area contributed by atoms with Crippen molar-refractivity contribution in [2.24, 2.45) is 0 Å². The fourth-order valence-electron chi connectivity index (χ4n) is 4.28. The van der Waals surface area contributed by atoms with Gasteiger partial charge in [0.2, 0.25) is 5.91 Å². The second-order valence-electron chi connectivity index (χ2n) is 9.14. The number of aromatic nitrogens is 1. The molecule has 0 saturated heterocycles. The van der Waals surface area contributed by atoms with Gasteiger partial charge in [0, 0.05) is 30.6 Å². The van der Waals surface area contributed by atoms with Crippen LogP contribution in [-0.2, 0) is 16.1 Å². The molecule has 1 aliphatic rings. The quantitative estimate of drug-likeness (QED) is 0.453. The topological polar surface area (TPSA) is 118 Å². The van der Waals surface area contributed by atoms with Crippen molar-refractivity contribution < 1.29 is 24.2 Å². The third-order valence-corrected chi connectivity index (χ3v) is 5.92. The van der Waals surface area contributed by atoms with Crippen molar-refractivity contribution in [1.29, 1.82) is 0 Å². The lowest BCUT2D eigenvalue weighted by Gasteiger charge is -2.25. The first kappa shape index (κ1) is 23.9. The van der Waals surface area contributed by atoms with Gasteiger partial charge in [0.25, 0.3) is 0 Å². The third-order valence-electron chi connectivity index (χ3n) is 5.92. The number of fused-ring (bicyclic) bond motifs is 3. The molecule has 0 aliphatic heterocycles. The molecule has 0 bridgehead atoms. The predicted octanol–water partition coefficient (Wildman–Crippen LogP) is 4.10. The zero-order chi connectivity index (χ0) is 25.0. The van der Waals surface area contributed by atoms with Gasteiger partial charge in [0.05, 0.1) is 0 Å². The van der Waals surface area contributed by atoms with E-state index in [2.05, 4.69) is 39.9 Å². The van der Waals surface area contributed by atoms with Crippen LogP contribution in [0.4, 0.5) is 4.79 Å². The highest BCUT2D eigenvalue weighted by Crippen LogP contribution is 2.44. The highest BCUT2D eigenvalue weighted by molar-refractivity contribution is 5.85.